The summed E-state index contributed by atoms with van der Waals surface area (Å²) in [5.41, 5.74) is 0. The van der Waals surface area contributed by atoms with Gasteiger partial charge in [-0.3, -0.25) is 0 Å². The number of halogens is 1. The molecule has 0 aromatic carbocycles. The van der Waals surface area contributed by atoms with Crippen molar-refractivity contribution in [2.24, 2.45) is 4.40 Å². The van der Waals surface area contributed by atoms with Gasteiger partial charge in [0.25, 0.3) is 10.0 Å². The number of sulfonamides is 1. The molecular weight excluding hydrogens is 315 g/mol. The van der Waals surface area contributed by atoms with E-state index in [1.165, 1.54) is 6.34 Å². The molecule has 0 radical (unpaired) electrons. The molecule has 0 saturated carbocycles. The first-order chi connectivity index (χ1) is 6.48. The molecule has 0 aromatic rings. The van der Waals surface area contributed by atoms with Crippen molar-refractivity contribution in [3.63, 3.8) is 0 Å². The first-order valence-corrected chi connectivity index (χ1v) is 7.62. The van der Waals surface area contributed by atoms with Crippen molar-refractivity contribution in [3.8, 4) is 0 Å². The quantitative estimate of drug-likeness (QED) is 0.233. The largest absolute Gasteiger partial charge is 0.368 e. The summed E-state index contributed by atoms with van der Waals surface area (Å²) in [7, 11) is 0.259. The molecule has 0 aliphatic rings. The maximum absolute atomic E-state index is 11.3. The average Bonchev–Trinajstić information content (AvgIpc) is 2.10. The zero-order valence-electron chi connectivity index (χ0n) is 8.61. The van der Waals surface area contributed by atoms with E-state index in [1.807, 2.05) is 0 Å². The van der Waals surface area contributed by atoms with E-state index in [0.29, 0.717) is 6.42 Å². The van der Waals surface area contributed by atoms with Crippen molar-refractivity contribution in [1.82, 2.24) is 4.90 Å². The molecule has 84 valence electrons. The van der Waals surface area contributed by atoms with Crippen molar-refractivity contribution in [1.29, 1.82) is 0 Å². The van der Waals surface area contributed by atoms with Crippen LogP contribution in [0.4, 0.5) is 0 Å². The van der Waals surface area contributed by atoms with Gasteiger partial charge in [-0.1, -0.05) is 29.0 Å². The van der Waals surface area contributed by atoms with E-state index in [0.717, 1.165) is 17.3 Å². The lowest BCUT2D eigenvalue weighted by molar-refractivity contribution is 0.590. The minimum atomic E-state index is -3.23. The van der Waals surface area contributed by atoms with Crippen molar-refractivity contribution >= 4 is 39.0 Å². The Hall–Kier alpha value is 0.150. The van der Waals surface area contributed by atoms with Crippen LogP contribution in [0.25, 0.3) is 0 Å². The summed E-state index contributed by atoms with van der Waals surface area (Å²) in [4.78, 5) is 1.61. The third kappa shape index (κ3) is 8.74. The molecule has 0 heterocycles. The molecule has 0 unspecified atom stereocenters. The highest BCUT2D eigenvalue weighted by Crippen LogP contribution is 2.03. The molecule has 0 atom stereocenters. The normalized spacial score (nSPS) is 12.2. The number of hydrogen-bond donors (Lipinski definition) is 0. The van der Waals surface area contributed by atoms with Gasteiger partial charge in [-0.15, -0.1) is 0 Å². The van der Waals surface area contributed by atoms with Crippen LogP contribution in [0.1, 0.15) is 19.3 Å². The predicted molar refractivity (Wildman–Crippen MR) is 68.7 cm³/mol. The second-order valence-electron chi connectivity index (χ2n) is 3.22. The number of hydrogen-bond acceptors (Lipinski definition) is 2. The number of alkyl halides is 1. The zero-order chi connectivity index (χ0) is 11.0. The summed E-state index contributed by atoms with van der Waals surface area (Å²) >= 11 is 2.29. The van der Waals surface area contributed by atoms with Gasteiger partial charge < -0.3 is 4.90 Å². The topological polar surface area (TPSA) is 49.7 Å². The van der Waals surface area contributed by atoms with Gasteiger partial charge in [-0.05, 0) is 17.3 Å². The second kappa shape index (κ2) is 7.44. The van der Waals surface area contributed by atoms with Gasteiger partial charge in [-0.2, -0.15) is 4.40 Å². The van der Waals surface area contributed by atoms with E-state index in [4.69, 9.17) is 0 Å². The first kappa shape index (κ1) is 14.2. The first-order valence-electron chi connectivity index (χ1n) is 4.48. The van der Waals surface area contributed by atoms with E-state index < -0.39 is 10.0 Å². The van der Waals surface area contributed by atoms with Crippen molar-refractivity contribution in [2.45, 2.75) is 19.3 Å². The summed E-state index contributed by atoms with van der Waals surface area (Å²) < 4.78 is 27.1. The molecule has 4 nitrogen and oxygen atoms in total. The van der Waals surface area contributed by atoms with E-state index in [9.17, 15) is 8.42 Å². The molecule has 0 N–H and O–H groups in total. The summed E-state index contributed by atoms with van der Waals surface area (Å²) in [6, 6.07) is 0. The fourth-order valence-electron chi connectivity index (χ4n) is 0.775. The van der Waals surface area contributed by atoms with Gasteiger partial charge in [0.05, 0.1) is 5.75 Å². The smallest absolute Gasteiger partial charge is 0.254 e. The van der Waals surface area contributed by atoms with Crippen LogP contribution in [-0.2, 0) is 10.0 Å². The molecule has 0 amide bonds. The van der Waals surface area contributed by atoms with Gasteiger partial charge in [0.2, 0.25) is 0 Å². The standard InChI is InChI=1S/C8H17IN2O2S/c1-11(2)8-10-14(12,13)7-5-3-4-6-9/h8H,3-7H2,1-2H3. The Bertz CT molecular complexity index is 263. The van der Waals surface area contributed by atoms with Crippen LogP contribution in [-0.4, -0.2) is 43.9 Å². The molecule has 0 aliphatic heterocycles. The van der Waals surface area contributed by atoms with E-state index in [2.05, 4.69) is 27.0 Å². The SMILES string of the molecule is CN(C)C=NS(=O)(=O)CCCCCI. The molecular formula is C8H17IN2O2S. The number of unbranched alkanes of at least 4 members (excludes halogenated alkanes) is 2. The maximum atomic E-state index is 11.3. The lowest BCUT2D eigenvalue weighted by Crippen LogP contribution is -2.11. The minimum Gasteiger partial charge on any atom is -0.368 e. The Morgan fingerprint density at radius 2 is 1.93 bits per heavy atom. The highest BCUT2D eigenvalue weighted by molar-refractivity contribution is 14.1. The lowest BCUT2D eigenvalue weighted by atomic mass is 10.3. The monoisotopic (exact) mass is 332 g/mol. The molecule has 6 heteroatoms. The third-order valence-corrected chi connectivity index (χ3v) is 3.46. The maximum Gasteiger partial charge on any atom is 0.254 e. The molecule has 0 rings (SSSR count). The fraction of sp³-hybridized carbons (Fsp3) is 0.875. The molecule has 0 aliphatic carbocycles. The van der Waals surface area contributed by atoms with Crippen LogP contribution in [0.2, 0.25) is 0 Å². The number of rotatable bonds is 7. The van der Waals surface area contributed by atoms with Crippen LogP contribution >= 0.6 is 22.6 Å². The van der Waals surface area contributed by atoms with E-state index in [-0.39, 0.29) is 5.75 Å². The van der Waals surface area contributed by atoms with Gasteiger partial charge in [-0.25, -0.2) is 8.42 Å². The van der Waals surface area contributed by atoms with Gasteiger partial charge in [0.15, 0.2) is 0 Å². The molecule has 0 fully saturated rings. The summed E-state index contributed by atoms with van der Waals surface area (Å²) in [5, 5.41) is 0. The third-order valence-electron chi connectivity index (χ3n) is 1.47. The lowest BCUT2D eigenvalue weighted by Gasteiger charge is -2.02. The van der Waals surface area contributed by atoms with E-state index in [1.54, 1.807) is 19.0 Å². The second-order valence-corrected chi connectivity index (χ2v) is 6.08. The molecule has 0 aromatic heterocycles. The summed E-state index contributed by atoms with van der Waals surface area (Å²) in [6.07, 6.45) is 4.07. The Kier molecular flexibility index (Phi) is 7.52. The molecule has 0 saturated heterocycles. The molecule has 0 bridgehead atoms. The highest BCUT2D eigenvalue weighted by Gasteiger charge is 2.06. The Morgan fingerprint density at radius 3 is 2.43 bits per heavy atom. The van der Waals surface area contributed by atoms with Crippen LogP contribution < -0.4 is 0 Å². The van der Waals surface area contributed by atoms with Gasteiger partial charge >= 0.3 is 0 Å². The Labute approximate surface area is 100.0 Å². The van der Waals surface area contributed by atoms with Crippen LogP contribution in [0.15, 0.2) is 4.40 Å². The Morgan fingerprint density at radius 1 is 1.29 bits per heavy atom. The van der Waals surface area contributed by atoms with Crippen LogP contribution in [0.3, 0.4) is 0 Å². The van der Waals surface area contributed by atoms with Crippen LogP contribution in [0, 0.1) is 0 Å². The predicted octanol–water partition coefficient (Wildman–Crippen LogP) is 1.51. The molecule has 0 spiro atoms. The van der Waals surface area contributed by atoms with E-state index >= 15 is 0 Å². The van der Waals surface area contributed by atoms with Crippen molar-refractivity contribution in [3.05, 3.63) is 0 Å². The number of nitrogens with zero attached hydrogens (tertiary/aromatic N) is 2. The fourth-order valence-corrected chi connectivity index (χ4v) is 2.32. The highest BCUT2D eigenvalue weighted by atomic mass is 127. The van der Waals surface area contributed by atoms with Crippen LogP contribution in [0.5, 0.6) is 0 Å². The van der Waals surface area contributed by atoms with Gasteiger partial charge in [0, 0.05) is 14.1 Å². The summed E-state index contributed by atoms with van der Waals surface area (Å²) in [5.74, 6) is 0.161. The van der Waals surface area contributed by atoms with Crippen molar-refractivity contribution in [2.75, 3.05) is 24.3 Å². The average molecular weight is 332 g/mol. The minimum absolute atomic E-state index is 0.161. The van der Waals surface area contributed by atoms with Gasteiger partial charge in [0.1, 0.15) is 6.34 Å². The zero-order valence-corrected chi connectivity index (χ0v) is 11.6. The Balaban J connectivity index is 3.85. The summed E-state index contributed by atoms with van der Waals surface area (Å²) in [6.45, 7) is 0. The van der Waals surface area contributed by atoms with Crippen molar-refractivity contribution < 1.29 is 8.42 Å². The molecule has 14 heavy (non-hydrogen) atoms.